The molecule has 0 N–H and O–H groups in total. The van der Waals surface area contributed by atoms with E-state index in [0.717, 1.165) is 22.8 Å². The molecule has 0 saturated heterocycles. The van der Waals surface area contributed by atoms with Crippen molar-refractivity contribution in [3.05, 3.63) is 29.7 Å². The Morgan fingerprint density at radius 2 is 2.38 bits per heavy atom. The number of hydrogen-bond donors (Lipinski definition) is 0. The highest BCUT2D eigenvalue weighted by molar-refractivity contribution is 9.09. The maximum absolute atomic E-state index is 5.67. The average molecular weight is 241 g/mol. The Labute approximate surface area is 87.0 Å². The van der Waals surface area contributed by atoms with Crippen LogP contribution in [0.1, 0.15) is 30.8 Å². The number of allylic oxidation sites excluding steroid dienone is 1. The van der Waals surface area contributed by atoms with Crippen molar-refractivity contribution >= 4 is 22.0 Å². The van der Waals surface area contributed by atoms with Gasteiger partial charge in [0.05, 0.1) is 0 Å². The van der Waals surface area contributed by atoms with Crippen LogP contribution < -0.4 is 0 Å². The molecule has 2 rings (SSSR count). The van der Waals surface area contributed by atoms with E-state index < -0.39 is 0 Å². The van der Waals surface area contributed by atoms with E-state index in [1.807, 2.05) is 18.2 Å². The van der Waals surface area contributed by atoms with Crippen LogP contribution in [-0.2, 0) is 0 Å². The molecule has 0 bridgehead atoms. The minimum absolute atomic E-state index is 0.686. The van der Waals surface area contributed by atoms with Gasteiger partial charge in [0.15, 0.2) is 0 Å². The van der Waals surface area contributed by atoms with Crippen molar-refractivity contribution in [1.29, 1.82) is 0 Å². The lowest BCUT2D eigenvalue weighted by molar-refractivity contribution is 0.498. The van der Waals surface area contributed by atoms with Crippen molar-refractivity contribution in [3.8, 4) is 0 Å². The molecule has 13 heavy (non-hydrogen) atoms. The molecule has 1 aliphatic rings. The van der Waals surface area contributed by atoms with Gasteiger partial charge >= 0.3 is 0 Å². The van der Waals surface area contributed by atoms with Crippen LogP contribution in [0.5, 0.6) is 0 Å². The van der Waals surface area contributed by atoms with Gasteiger partial charge in [-0.3, -0.25) is 0 Å². The number of alkyl halides is 1. The first-order valence-corrected chi connectivity index (χ1v) is 5.75. The number of halogens is 1. The van der Waals surface area contributed by atoms with Crippen LogP contribution >= 0.6 is 15.9 Å². The van der Waals surface area contributed by atoms with Crippen molar-refractivity contribution in [2.45, 2.75) is 19.3 Å². The molecule has 2 atom stereocenters. The third kappa shape index (κ3) is 2.05. The first-order chi connectivity index (χ1) is 6.31. The molecule has 1 aromatic rings. The zero-order valence-electron chi connectivity index (χ0n) is 7.66. The second kappa shape index (κ2) is 3.70. The van der Waals surface area contributed by atoms with Crippen LogP contribution in [0.25, 0.3) is 6.08 Å². The normalized spacial score (nSPS) is 26.9. The zero-order chi connectivity index (χ0) is 9.26. The van der Waals surface area contributed by atoms with Gasteiger partial charge in [-0.25, -0.2) is 0 Å². The first kappa shape index (κ1) is 9.07. The molecule has 1 nitrogen and oxygen atoms in total. The molecular weight excluding hydrogens is 228 g/mol. The summed E-state index contributed by atoms with van der Waals surface area (Å²) in [6.07, 6.45) is 5.33. The van der Waals surface area contributed by atoms with Crippen molar-refractivity contribution in [2.75, 3.05) is 5.33 Å². The molecule has 70 valence electrons. The van der Waals surface area contributed by atoms with E-state index in [4.69, 9.17) is 4.42 Å². The Morgan fingerprint density at radius 1 is 1.62 bits per heavy atom. The van der Waals surface area contributed by atoms with Crippen molar-refractivity contribution < 1.29 is 4.42 Å². The fraction of sp³-hybridized carbons (Fsp3) is 0.455. The smallest absolute Gasteiger partial charge is 0.126 e. The summed E-state index contributed by atoms with van der Waals surface area (Å²) in [4.78, 5) is 0. The van der Waals surface area contributed by atoms with E-state index in [0.29, 0.717) is 5.92 Å². The first-order valence-electron chi connectivity index (χ1n) is 4.63. The second-order valence-electron chi connectivity index (χ2n) is 3.62. The zero-order valence-corrected chi connectivity index (χ0v) is 9.25. The molecule has 1 fully saturated rings. The van der Waals surface area contributed by atoms with Gasteiger partial charge in [-0.05, 0) is 30.5 Å². The monoisotopic (exact) mass is 240 g/mol. The van der Waals surface area contributed by atoms with Crippen LogP contribution in [-0.4, -0.2) is 5.33 Å². The van der Waals surface area contributed by atoms with Gasteiger partial charge in [0.1, 0.15) is 11.5 Å². The van der Waals surface area contributed by atoms with Gasteiger partial charge in [-0.1, -0.05) is 28.9 Å². The van der Waals surface area contributed by atoms with Crippen LogP contribution in [0.2, 0.25) is 0 Å². The van der Waals surface area contributed by atoms with Gasteiger partial charge in [0, 0.05) is 11.2 Å². The molecule has 2 unspecified atom stereocenters. The van der Waals surface area contributed by atoms with Gasteiger partial charge in [0.2, 0.25) is 0 Å². The standard InChI is InChI=1S/C11H13BrO/c1-8-7-10(8)11-5-4-9(13-11)3-2-6-12/h2-5,8,10H,6-7H2,1H3/b3-2+. The van der Waals surface area contributed by atoms with E-state index in [2.05, 4.69) is 28.9 Å². The molecule has 0 aromatic carbocycles. The molecule has 1 aromatic heterocycles. The lowest BCUT2D eigenvalue weighted by atomic mass is 10.3. The van der Waals surface area contributed by atoms with Crippen molar-refractivity contribution in [2.24, 2.45) is 5.92 Å². The molecule has 0 spiro atoms. The van der Waals surface area contributed by atoms with Gasteiger partial charge < -0.3 is 4.42 Å². The van der Waals surface area contributed by atoms with Gasteiger partial charge in [0.25, 0.3) is 0 Å². The number of hydrogen-bond acceptors (Lipinski definition) is 1. The summed E-state index contributed by atoms with van der Waals surface area (Å²) in [5.74, 6) is 3.63. The molecular formula is C11H13BrO. The maximum atomic E-state index is 5.67. The SMILES string of the molecule is CC1CC1c1ccc(/C=C/CBr)o1. The molecule has 1 aliphatic carbocycles. The summed E-state index contributed by atoms with van der Waals surface area (Å²) >= 11 is 3.34. The maximum Gasteiger partial charge on any atom is 0.126 e. The molecule has 1 heterocycles. The Morgan fingerprint density at radius 3 is 3.00 bits per heavy atom. The van der Waals surface area contributed by atoms with E-state index in [1.54, 1.807) is 0 Å². The largest absolute Gasteiger partial charge is 0.461 e. The topological polar surface area (TPSA) is 13.1 Å². The summed E-state index contributed by atoms with van der Waals surface area (Å²) in [6.45, 7) is 2.27. The molecule has 2 heteroatoms. The van der Waals surface area contributed by atoms with Crippen LogP contribution in [0.4, 0.5) is 0 Å². The molecule has 0 aliphatic heterocycles. The fourth-order valence-electron chi connectivity index (χ4n) is 1.54. The van der Waals surface area contributed by atoms with E-state index >= 15 is 0 Å². The summed E-state index contributed by atoms with van der Waals surface area (Å²) in [6, 6.07) is 4.14. The van der Waals surface area contributed by atoms with E-state index in [1.165, 1.54) is 6.42 Å². The molecule has 1 saturated carbocycles. The minimum atomic E-state index is 0.686. The average Bonchev–Trinajstić information content (AvgIpc) is 2.67. The highest BCUT2D eigenvalue weighted by Crippen LogP contribution is 2.47. The molecule has 0 radical (unpaired) electrons. The summed E-state index contributed by atoms with van der Waals surface area (Å²) in [5, 5.41) is 0.878. The van der Waals surface area contributed by atoms with E-state index in [9.17, 15) is 0 Å². The summed E-state index contributed by atoms with van der Waals surface area (Å²) in [7, 11) is 0. The Kier molecular flexibility index (Phi) is 2.58. The summed E-state index contributed by atoms with van der Waals surface area (Å²) in [5.41, 5.74) is 0. The second-order valence-corrected chi connectivity index (χ2v) is 4.26. The van der Waals surface area contributed by atoms with Gasteiger partial charge in [-0.2, -0.15) is 0 Å². The quantitative estimate of drug-likeness (QED) is 0.733. The van der Waals surface area contributed by atoms with Gasteiger partial charge in [-0.15, -0.1) is 0 Å². The minimum Gasteiger partial charge on any atom is -0.461 e. The Bertz CT molecular complexity index is 314. The highest BCUT2D eigenvalue weighted by atomic mass is 79.9. The number of rotatable bonds is 3. The Balaban J connectivity index is 2.05. The van der Waals surface area contributed by atoms with Crippen LogP contribution in [0.3, 0.4) is 0 Å². The fourth-order valence-corrected chi connectivity index (χ4v) is 1.72. The number of furan rings is 1. The third-order valence-corrected chi connectivity index (χ3v) is 2.87. The van der Waals surface area contributed by atoms with Crippen molar-refractivity contribution in [1.82, 2.24) is 0 Å². The molecule has 0 amide bonds. The third-order valence-electron chi connectivity index (χ3n) is 2.49. The predicted molar refractivity (Wildman–Crippen MR) is 58.1 cm³/mol. The lowest BCUT2D eigenvalue weighted by Gasteiger charge is -1.89. The summed E-state index contributed by atoms with van der Waals surface area (Å²) < 4.78 is 5.67. The highest BCUT2D eigenvalue weighted by Gasteiger charge is 2.36. The lowest BCUT2D eigenvalue weighted by Crippen LogP contribution is -1.73. The predicted octanol–water partition coefficient (Wildman–Crippen LogP) is 3.81. The Hall–Kier alpha value is -0.500. The van der Waals surface area contributed by atoms with E-state index in [-0.39, 0.29) is 0 Å². The van der Waals surface area contributed by atoms with Crippen LogP contribution in [0, 0.1) is 5.92 Å². The van der Waals surface area contributed by atoms with Crippen LogP contribution in [0.15, 0.2) is 22.6 Å². The van der Waals surface area contributed by atoms with Crippen molar-refractivity contribution in [3.63, 3.8) is 0 Å².